The summed E-state index contributed by atoms with van der Waals surface area (Å²) in [4.78, 5) is 9.77. The van der Waals surface area contributed by atoms with Crippen LogP contribution in [0.15, 0.2) is 77.7 Å². The van der Waals surface area contributed by atoms with Crippen molar-refractivity contribution in [3.63, 3.8) is 0 Å². The number of nitrogens with one attached hydrogen (secondary N) is 1. The molecule has 1 aliphatic rings. The Morgan fingerprint density at radius 3 is 2.42 bits per heavy atom. The molecule has 1 aliphatic heterocycles. The Morgan fingerprint density at radius 1 is 0.909 bits per heavy atom. The van der Waals surface area contributed by atoms with Crippen LogP contribution in [0.5, 0.6) is 0 Å². The monoisotopic (exact) mass is 460 g/mol. The van der Waals surface area contributed by atoms with Gasteiger partial charge in [-0.15, -0.1) is 0 Å². The molecule has 0 amide bonds. The minimum atomic E-state index is -3.62. The molecule has 0 saturated carbocycles. The molecule has 7 nitrogen and oxygen atoms in total. The van der Waals surface area contributed by atoms with Crippen LogP contribution in [0.3, 0.4) is 0 Å². The van der Waals surface area contributed by atoms with Crippen LogP contribution in [0.4, 0.5) is 11.5 Å². The van der Waals surface area contributed by atoms with E-state index in [0.29, 0.717) is 49.2 Å². The zero-order chi connectivity index (χ0) is 22.8. The van der Waals surface area contributed by atoms with E-state index in [4.69, 9.17) is 14.7 Å². The molecule has 168 valence electrons. The van der Waals surface area contributed by atoms with Crippen molar-refractivity contribution in [2.24, 2.45) is 0 Å². The number of aromatic nitrogens is 2. The van der Waals surface area contributed by atoms with Crippen LogP contribution in [0.2, 0.25) is 0 Å². The number of ether oxygens (including phenoxy) is 1. The Kier molecular flexibility index (Phi) is 5.80. The molecule has 0 radical (unpaired) electrons. The summed E-state index contributed by atoms with van der Waals surface area (Å²) in [6, 6.07) is 22.9. The first kappa shape index (κ1) is 21.5. The van der Waals surface area contributed by atoms with Crippen molar-refractivity contribution in [3.05, 3.63) is 78.4 Å². The van der Waals surface area contributed by atoms with E-state index in [0.717, 1.165) is 16.5 Å². The molecule has 0 aliphatic carbocycles. The molecular formula is C25H24N4O3S. The van der Waals surface area contributed by atoms with Crippen molar-refractivity contribution in [1.29, 1.82) is 0 Å². The molecule has 2 heterocycles. The van der Waals surface area contributed by atoms with Gasteiger partial charge in [0.2, 0.25) is 10.0 Å². The van der Waals surface area contributed by atoms with Crippen LogP contribution in [-0.4, -0.2) is 49.0 Å². The lowest BCUT2D eigenvalue weighted by Crippen LogP contribution is -2.40. The summed E-state index contributed by atoms with van der Waals surface area (Å²) < 4.78 is 33.4. The first-order valence-corrected chi connectivity index (χ1v) is 12.2. The van der Waals surface area contributed by atoms with Crippen molar-refractivity contribution in [3.8, 4) is 11.4 Å². The molecule has 0 bridgehead atoms. The van der Waals surface area contributed by atoms with Gasteiger partial charge >= 0.3 is 0 Å². The Hall–Kier alpha value is -3.33. The summed E-state index contributed by atoms with van der Waals surface area (Å²) in [7, 11) is -3.62. The minimum Gasteiger partial charge on any atom is -0.379 e. The Morgan fingerprint density at radius 2 is 1.64 bits per heavy atom. The van der Waals surface area contributed by atoms with Crippen LogP contribution in [0.25, 0.3) is 22.3 Å². The summed E-state index contributed by atoms with van der Waals surface area (Å²) in [6.07, 6.45) is 0. The van der Waals surface area contributed by atoms with Gasteiger partial charge < -0.3 is 10.1 Å². The lowest BCUT2D eigenvalue weighted by atomic mass is 10.1. The normalized spacial score (nSPS) is 14.9. The smallest absolute Gasteiger partial charge is 0.243 e. The molecule has 1 N–H and O–H groups in total. The number of benzene rings is 3. The molecule has 5 rings (SSSR count). The summed E-state index contributed by atoms with van der Waals surface area (Å²) in [5.74, 6) is 1.23. The van der Waals surface area contributed by atoms with E-state index in [1.807, 2.05) is 73.7 Å². The van der Waals surface area contributed by atoms with E-state index < -0.39 is 10.0 Å². The first-order chi connectivity index (χ1) is 16.0. The van der Waals surface area contributed by atoms with Gasteiger partial charge in [-0.05, 0) is 36.8 Å². The molecule has 1 saturated heterocycles. The maximum absolute atomic E-state index is 13.3. The van der Waals surface area contributed by atoms with E-state index >= 15 is 0 Å². The number of morpholine rings is 1. The van der Waals surface area contributed by atoms with Crippen LogP contribution >= 0.6 is 0 Å². The average molecular weight is 461 g/mol. The van der Waals surface area contributed by atoms with Crippen molar-refractivity contribution < 1.29 is 13.2 Å². The molecule has 3 aromatic carbocycles. The maximum atomic E-state index is 13.3. The fourth-order valence-electron chi connectivity index (χ4n) is 3.91. The number of hydrogen-bond acceptors (Lipinski definition) is 6. The predicted octanol–water partition coefficient (Wildman–Crippen LogP) is 4.37. The summed E-state index contributed by atoms with van der Waals surface area (Å²) >= 11 is 0. The number of hydrogen-bond donors (Lipinski definition) is 1. The Labute approximate surface area is 193 Å². The highest BCUT2D eigenvalue weighted by Gasteiger charge is 2.28. The fourth-order valence-corrected chi connectivity index (χ4v) is 5.57. The molecule has 0 spiro atoms. The Bertz CT molecular complexity index is 1400. The quantitative estimate of drug-likeness (QED) is 0.476. The third-order valence-electron chi connectivity index (χ3n) is 5.67. The highest BCUT2D eigenvalue weighted by molar-refractivity contribution is 7.89. The Balaban J connectivity index is 1.56. The lowest BCUT2D eigenvalue weighted by molar-refractivity contribution is 0.0730. The van der Waals surface area contributed by atoms with Gasteiger partial charge in [0.15, 0.2) is 5.82 Å². The largest absolute Gasteiger partial charge is 0.379 e. The average Bonchev–Trinajstić information content (AvgIpc) is 2.86. The molecule has 33 heavy (non-hydrogen) atoms. The molecular weight excluding hydrogens is 436 g/mol. The van der Waals surface area contributed by atoms with Crippen molar-refractivity contribution >= 4 is 32.4 Å². The van der Waals surface area contributed by atoms with Gasteiger partial charge in [-0.3, -0.25) is 0 Å². The van der Waals surface area contributed by atoms with Crippen LogP contribution in [0, 0.1) is 6.92 Å². The summed E-state index contributed by atoms with van der Waals surface area (Å²) in [5.41, 5.74) is 3.06. The van der Waals surface area contributed by atoms with Gasteiger partial charge in [-0.2, -0.15) is 4.31 Å². The van der Waals surface area contributed by atoms with Gasteiger partial charge in [0, 0.05) is 29.7 Å². The maximum Gasteiger partial charge on any atom is 0.243 e. The number of nitrogens with zero attached hydrogens (tertiary/aromatic N) is 3. The number of anilines is 2. The number of rotatable bonds is 5. The van der Waals surface area contributed by atoms with Gasteiger partial charge in [-0.25, -0.2) is 18.4 Å². The molecule has 4 aromatic rings. The van der Waals surface area contributed by atoms with E-state index in [-0.39, 0.29) is 4.90 Å². The standard InChI is InChI=1S/C25H24N4O3S/c1-18-11-12-20(17-23(18)33(30,31)29-13-15-32-16-14-29)26-25-21-9-5-6-10-22(21)27-24(28-25)19-7-3-2-4-8-19/h2-12,17H,13-16H2,1H3,(H,26,27,28). The second-order valence-electron chi connectivity index (χ2n) is 7.90. The highest BCUT2D eigenvalue weighted by atomic mass is 32.2. The van der Waals surface area contributed by atoms with Gasteiger partial charge in [-0.1, -0.05) is 48.5 Å². The van der Waals surface area contributed by atoms with Gasteiger partial charge in [0.1, 0.15) is 5.82 Å². The van der Waals surface area contributed by atoms with Crippen molar-refractivity contribution in [2.45, 2.75) is 11.8 Å². The third-order valence-corrected chi connectivity index (χ3v) is 7.71. The third kappa shape index (κ3) is 4.32. The fraction of sp³-hybridized carbons (Fsp3) is 0.200. The molecule has 0 atom stereocenters. The second-order valence-corrected chi connectivity index (χ2v) is 9.81. The SMILES string of the molecule is Cc1ccc(Nc2nc(-c3ccccc3)nc3ccccc23)cc1S(=O)(=O)N1CCOCC1. The first-order valence-electron chi connectivity index (χ1n) is 10.8. The van der Waals surface area contributed by atoms with Crippen LogP contribution in [-0.2, 0) is 14.8 Å². The lowest BCUT2D eigenvalue weighted by Gasteiger charge is -2.27. The number of sulfonamides is 1. The van der Waals surface area contributed by atoms with Crippen LogP contribution in [0.1, 0.15) is 5.56 Å². The van der Waals surface area contributed by atoms with E-state index in [1.54, 1.807) is 6.07 Å². The molecule has 1 fully saturated rings. The van der Waals surface area contributed by atoms with Crippen molar-refractivity contribution in [2.75, 3.05) is 31.6 Å². The zero-order valence-electron chi connectivity index (χ0n) is 18.2. The highest BCUT2D eigenvalue weighted by Crippen LogP contribution is 2.30. The minimum absolute atomic E-state index is 0.288. The predicted molar refractivity (Wildman–Crippen MR) is 129 cm³/mol. The van der Waals surface area contributed by atoms with E-state index in [9.17, 15) is 8.42 Å². The van der Waals surface area contributed by atoms with E-state index in [2.05, 4.69) is 5.32 Å². The van der Waals surface area contributed by atoms with Crippen LogP contribution < -0.4 is 5.32 Å². The second kappa shape index (κ2) is 8.90. The van der Waals surface area contributed by atoms with Crippen molar-refractivity contribution in [1.82, 2.24) is 14.3 Å². The van der Waals surface area contributed by atoms with E-state index in [1.165, 1.54) is 4.31 Å². The summed E-state index contributed by atoms with van der Waals surface area (Å²) in [5, 5.41) is 4.20. The van der Waals surface area contributed by atoms with Gasteiger partial charge in [0.25, 0.3) is 0 Å². The number of aryl methyl sites for hydroxylation is 1. The summed E-state index contributed by atoms with van der Waals surface area (Å²) in [6.45, 7) is 3.34. The topological polar surface area (TPSA) is 84.4 Å². The number of para-hydroxylation sites is 1. The van der Waals surface area contributed by atoms with Gasteiger partial charge in [0.05, 0.1) is 23.6 Å². The molecule has 8 heteroatoms. The molecule has 0 unspecified atom stereocenters. The zero-order valence-corrected chi connectivity index (χ0v) is 19.0. The number of fused-ring (bicyclic) bond motifs is 1. The molecule has 1 aromatic heterocycles.